The maximum Gasteiger partial charge on any atom is 0.339 e. The van der Waals surface area contributed by atoms with Gasteiger partial charge in [-0.25, -0.2) is 15.2 Å². The summed E-state index contributed by atoms with van der Waals surface area (Å²) in [6, 6.07) is 17.0. The molecule has 4 aromatic rings. The van der Waals surface area contributed by atoms with E-state index in [1.54, 1.807) is 61.5 Å². The van der Waals surface area contributed by atoms with E-state index < -0.39 is 6.03 Å². The summed E-state index contributed by atoms with van der Waals surface area (Å²) in [5, 5.41) is 7.71. The third-order valence-electron chi connectivity index (χ3n) is 4.69. The first kappa shape index (κ1) is 23.2. The number of aryl methyl sites for hydroxylation is 1. The summed E-state index contributed by atoms with van der Waals surface area (Å²) in [6.07, 6.45) is 1.51. The minimum atomic E-state index is -0.497. The number of hydrogen-bond acceptors (Lipinski definition) is 4. The number of carbonyl (C=O) groups excluding carboxylic acids is 1. The summed E-state index contributed by atoms with van der Waals surface area (Å²) < 4.78 is 3.05. The van der Waals surface area contributed by atoms with Crippen LogP contribution < -0.4 is 16.3 Å². The lowest BCUT2D eigenvalue weighted by molar-refractivity contribution is 0.252. The standard InChI is InChI=1S/C23H16Br2ClN5O2/c1-13-28-21-19(10-15(24)11-20(21)25)22(32)31(13)18-8-6-17(7-9-18)29-23(33)30-27-12-14-2-4-16(26)5-3-14/h2-12H,1H3,(H2,29,30,33)/b27-12+. The molecule has 1 heterocycles. The van der Waals surface area contributed by atoms with Crippen molar-refractivity contribution in [3.8, 4) is 5.69 Å². The second-order valence-corrected chi connectivity index (χ2v) is 9.21. The number of urea groups is 1. The average Bonchev–Trinajstić information content (AvgIpc) is 2.77. The third kappa shape index (κ3) is 5.32. The number of benzene rings is 3. The molecule has 0 aliphatic carbocycles. The Balaban J connectivity index is 1.50. The van der Waals surface area contributed by atoms with Gasteiger partial charge in [-0.05, 0) is 76.9 Å². The number of aromatic nitrogens is 2. The lowest BCUT2D eigenvalue weighted by atomic mass is 10.2. The normalized spacial score (nSPS) is 11.2. The molecule has 0 saturated heterocycles. The van der Waals surface area contributed by atoms with Gasteiger partial charge >= 0.3 is 6.03 Å². The summed E-state index contributed by atoms with van der Waals surface area (Å²) in [6.45, 7) is 1.77. The van der Waals surface area contributed by atoms with E-state index in [1.807, 2.05) is 6.07 Å². The van der Waals surface area contributed by atoms with Crippen molar-refractivity contribution >= 4 is 72.3 Å². The number of hydrogen-bond donors (Lipinski definition) is 2. The molecular formula is C23H16Br2ClN5O2. The van der Waals surface area contributed by atoms with E-state index in [9.17, 15) is 9.59 Å². The number of anilines is 1. The van der Waals surface area contributed by atoms with Gasteiger partial charge in [0.25, 0.3) is 5.56 Å². The largest absolute Gasteiger partial charge is 0.339 e. The molecule has 0 spiro atoms. The van der Waals surface area contributed by atoms with Crippen molar-refractivity contribution < 1.29 is 4.79 Å². The zero-order chi connectivity index (χ0) is 23.5. The molecule has 0 radical (unpaired) electrons. The molecule has 1 aromatic heterocycles. The van der Waals surface area contributed by atoms with Gasteiger partial charge in [0.15, 0.2) is 0 Å². The summed E-state index contributed by atoms with van der Waals surface area (Å²) in [5.74, 6) is 0.547. The molecule has 2 N–H and O–H groups in total. The molecule has 33 heavy (non-hydrogen) atoms. The fraction of sp³-hybridized carbons (Fsp3) is 0.0435. The van der Waals surface area contributed by atoms with Crippen LogP contribution in [0.15, 0.2) is 79.5 Å². The van der Waals surface area contributed by atoms with Gasteiger partial charge in [-0.3, -0.25) is 9.36 Å². The summed E-state index contributed by atoms with van der Waals surface area (Å²) in [4.78, 5) is 29.8. The number of carbonyl (C=O) groups is 1. The van der Waals surface area contributed by atoms with Crippen molar-refractivity contribution in [3.63, 3.8) is 0 Å². The van der Waals surface area contributed by atoms with Gasteiger partial charge in [-0.1, -0.05) is 39.7 Å². The summed E-state index contributed by atoms with van der Waals surface area (Å²) >= 11 is 12.7. The Kier molecular flexibility index (Phi) is 6.92. The zero-order valence-electron chi connectivity index (χ0n) is 17.1. The smallest absolute Gasteiger partial charge is 0.307 e. The van der Waals surface area contributed by atoms with E-state index >= 15 is 0 Å². The fourth-order valence-electron chi connectivity index (χ4n) is 3.19. The van der Waals surface area contributed by atoms with Gasteiger partial charge in [0.2, 0.25) is 0 Å². The Morgan fingerprint density at radius 2 is 1.79 bits per heavy atom. The van der Waals surface area contributed by atoms with E-state index in [0.717, 1.165) is 14.5 Å². The molecule has 0 unspecified atom stereocenters. The highest BCUT2D eigenvalue weighted by Crippen LogP contribution is 2.26. The van der Waals surface area contributed by atoms with Crippen molar-refractivity contribution in [2.24, 2.45) is 5.10 Å². The first-order valence-electron chi connectivity index (χ1n) is 9.66. The highest BCUT2D eigenvalue weighted by atomic mass is 79.9. The molecule has 0 fully saturated rings. The van der Waals surface area contributed by atoms with Gasteiger partial charge in [0.05, 0.1) is 22.8 Å². The topological polar surface area (TPSA) is 88.4 Å². The second-order valence-electron chi connectivity index (χ2n) is 7.01. The van der Waals surface area contributed by atoms with Crippen LogP contribution in [-0.2, 0) is 0 Å². The Hall–Kier alpha value is -3.01. The maximum atomic E-state index is 13.1. The Labute approximate surface area is 210 Å². The van der Waals surface area contributed by atoms with Crippen LogP contribution in [0, 0.1) is 6.92 Å². The molecule has 7 nitrogen and oxygen atoms in total. The molecule has 3 aromatic carbocycles. The number of amides is 2. The molecular weight excluding hydrogens is 574 g/mol. The van der Waals surface area contributed by atoms with Gasteiger partial charge in [0.1, 0.15) is 5.82 Å². The van der Waals surface area contributed by atoms with Crippen LogP contribution in [0.3, 0.4) is 0 Å². The number of nitrogens with zero attached hydrogens (tertiary/aromatic N) is 3. The lowest BCUT2D eigenvalue weighted by Gasteiger charge is -2.12. The number of nitrogens with one attached hydrogen (secondary N) is 2. The van der Waals surface area contributed by atoms with Crippen molar-refractivity contribution in [1.82, 2.24) is 15.0 Å². The molecule has 166 valence electrons. The summed E-state index contributed by atoms with van der Waals surface area (Å²) in [7, 11) is 0. The Morgan fingerprint density at radius 3 is 2.48 bits per heavy atom. The van der Waals surface area contributed by atoms with Crippen molar-refractivity contribution in [2.45, 2.75) is 6.92 Å². The van der Waals surface area contributed by atoms with Crippen molar-refractivity contribution in [1.29, 1.82) is 0 Å². The van der Waals surface area contributed by atoms with Crippen LogP contribution in [0.25, 0.3) is 16.6 Å². The van der Waals surface area contributed by atoms with Gasteiger partial charge < -0.3 is 5.32 Å². The maximum absolute atomic E-state index is 13.1. The SMILES string of the molecule is Cc1nc2c(Br)cc(Br)cc2c(=O)n1-c1ccc(NC(=O)N/N=C/c2ccc(Cl)cc2)cc1. The second kappa shape index (κ2) is 9.86. The van der Waals surface area contributed by atoms with Crippen molar-refractivity contribution in [2.75, 3.05) is 5.32 Å². The molecule has 0 saturated carbocycles. The molecule has 0 atom stereocenters. The fourth-order valence-corrected chi connectivity index (χ4v) is 4.63. The predicted octanol–water partition coefficient (Wildman–Crippen LogP) is 6.03. The van der Waals surface area contributed by atoms with Crippen molar-refractivity contribution in [3.05, 3.63) is 96.4 Å². The quantitative estimate of drug-likeness (QED) is 0.225. The van der Waals surface area contributed by atoms with E-state index in [2.05, 4.69) is 52.7 Å². The van der Waals surface area contributed by atoms with Crippen LogP contribution in [0.1, 0.15) is 11.4 Å². The third-order valence-corrected chi connectivity index (χ3v) is 6.01. The molecule has 10 heteroatoms. The van der Waals surface area contributed by atoms with Gasteiger partial charge in [-0.2, -0.15) is 5.10 Å². The summed E-state index contributed by atoms with van der Waals surface area (Å²) in [5.41, 5.74) is 4.80. The first-order chi connectivity index (χ1) is 15.8. The van der Waals surface area contributed by atoms with E-state index in [1.165, 1.54) is 10.8 Å². The first-order valence-corrected chi connectivity index (χ1v) is 11.6. The van der Waals surface area contributed by atoms with Crippen LogP contribution in [0.2, 0.25) is 5.02 Å². The number of fused-ring (bicyclic) bond motifs is 1. The zero-order valence-corrected chi connectivity index (χ0v) is 21.1. The molecule has 0 bridgehead atoms. The number of rotatable bonds is 4. The highest BCUT2D eigenvalue weighted by Gasteiger charge is 2.13. The highest BCUT2D eigenvalue weighted by molar-refractivity contribution is 9.11. The number of halogens is 3. The predicted molar refractivity (Wildman–Crippen MR) is 139 cm³/mol. The minimum absolute atomic E-state index is 0.186. The molecule has 0 aliphatic heterocycles. The van der Waals surface area contributed by atoms with Crippen LogP contribution >= 0.6 is 43.5 Å². The number of hydrazone groups is 1. The molecule has 2 amide bonds. The lowest BCUT2D eigenvalue weighted by Crippen LogP contribution is -2.24. The van der Waals surface area contributed by atoms with E-state index in [0.29, 0.717) is 33.1 Å². The van der Waals surface area contributed by atoms with Crippen LogP contribution in [0.4, 0.5) is 10.5 Å². The van der Waals surface area contributed by atoms with Crippen LogP contribution in [0.5, 0.6) is 0 Å². The monoisotopic (exact) mass is 587 g/mol. The van der Waals surface area contributed by atoms with E-state index in [4.69, 9.17) is 11.6 Å². The minimum Gasteiger partial charge on any atom is -0.307 e. The molecule has 4 rings (SSSR count). The Morgan fingerprint density at radius 1 is 1.09 bits per heavy atom. The van der Waals surface area contributed by atoms with Gasteiger partial charge in [0, 0.05) is 19.7 Å². The van der Waals surface area contributed by atoms with Crippen LogP contribution in [-0.4, -0.2) is 21.8 Å². The Bertz CT molecular complexity index is 1430. The van der Waals surface area contributed by atoms with Gasteiger partial charge in [-0.15, -0.1) is 0 Å². The van der Waals surface area contributed by atoms with E-state index in [-0.39, 0.29) is 5.56 Å². The molecule has 0 aliphatic rings. The average molecular weight is 590 g/mol.